The standard InChI is InChI=1S/C25H19BrCl2N2O2/c1-15-3-4-16(2)23(9-15)30-25(31)19(13-29)11-18-12-20(26)6-8-24(18)32-14-17-5-7-21(27)22(28)10-17/h3-12H,14H2,1-2H3,(H,30,31)/b19-11+. The molecule has 0 fully saturated rings. The molecule has 0 saturated carbocycles. The first kappa shape index (κ1) is 23.9. The first-order valence-corrected chi connectivity index (χ1v) is 11.2. The monoisotopic (exact) mass is 528 g/mol. The molecule has 3 aromatic carbocycles. The summed E-state index contributed by atoms with van der Waals surface area (Å²) in [5.74, 6) is 0.0307. The highest BCUT2D eigenvalue weighted by Gasteiger charge is 2.13. The predicted molar refractivity (Wildman–Crippen MR) is 133 cm³/mol. The smallest absolute Gasteiger partial charge is 0.266 e. The predicted octanol–water partition coefficient (Wildman–Crippen LogP) is 7.50. The maximum Gasteiger partial charge on any atom is 0.266 e. The minimum Gasteiger partial charge on any atom is -0.488 e. The molecule has 0 spiro atoms. The Balaban J connectivity index is 1.85. The molecular weight excluding hydrogens is 511 g/mol. The molecule has 1 N–H and O–H groups in total. The number of carbonyl (C=O) groups excluding carboxylic acids is 1. The fraction of sp³-hybridized carbons (Fsp3) is 0.120. The third-order valence-electron chi connectivity index (χ3n) is 4.66. The van der Waals surface area contributed by atoms with Crippen LogP contribution in [0.25, 0.3) is 6.08 Å². The van der Waals surface area contributed by atoms with Gasteiger partial charge >= 0.3 is 0 Å². The molecule has 3 aromatic rings. The molecule has 0 radical (unpaired) electrons. The zero-order valence-electron chi connectivity index (χ0n) is 17.4. The number of aryl methyl sites for hydroxylation is 2. The topological polar surface area (TPSA) is 62.1 Å². The van der Waals surface area contributed by atoms with Crippen molar-refractivity contribution in [3.05, 3.63) is 96.9 Å². The highest BCUT2D eigenvalue weighted by atomic mass is 79.9. The van der Waals surface area contributed by atoms with Crippen molar-refractivity contribution in [3.63, 3.8) is 0 Å². The van der Waals surface area contributed by atoms with Crippen molar-refractivity contribution in [3.8, 4) is 11.8 Å². The van der Waals surface area contributed by atoms with Crippen molar-refractivity contribution >= 4 is 56.8 Å². The van der Waals surface area contributed by atoms with Crippen LogP contribution in [0.4, 0.5) is 5.69 Å². The summed E-state index contributed by atoms with van der Waals surface area (Å²) in [4.78, 5) is 12.8. The third kappa shape index (κ3) is 6.14. The Labute approximate surface area is 205 Å². The summed E-state index contributed by atoms with van der Waals surface area (Å²) in [5, 5.41) is 13.4. The molecule has 0 bridgehead atoms. The Bertz CT molecular complexity index is 1250. The molecule has 4 nitrogen and oxygen atoms in total. The number of rotatable bonds is 6. The summed E-state index contributed by atoms with van der Waals surface area (Å²) < 4.78 is 6.73. The number of benzene rings is 3. The number of hydrogen-bond donors (Lipinski definition) is 1. The van der Waals surface area contributed by atoms with Gasteiger partial charge in [0.2, 0.25) is 0 Å². The van der Waals surface area contributed by atoms with E-state index in [2.05, 4.69) is 21.2 Å². The Morgan fingerprint density at radius 1 is 1.09 bits per heavy atom. The van der Waals surface area contributed by atoms with Gasteiger partial charge in [-0.25, -0.2) is 0 Å². The first-order valence-electron chi connectivity index (χ1n) is 9.63. The van der Waals surface area contributed by atoms with Gasteiger partial charge in [-0.15, -0.1) is 0 Å². The van der Waals surface area contributed by atoms with Gasteiger partial charge in [-0.1, -0.05) is 57.3 Å². The summed E-state index contributed by atoms with van der Waals surface area (Å²) in [7, 11) is 0. The molecule has 162 valence electrons. The van der Waals surface area contributed by atoms with Gasteiger partial charge in [0, 0.05) is 15.7 Å². The average Bonchev–Trinajstić information content (AvgIpc) is 2.76. The molecule has 7 heteroatoms. The fourth-order valence-corrected chi connectivity index (χ4v) is 3.62. The van der Waals surface area contributed by atoms with Crippen LogP contribution in [0.2, 0.25) is 10.0 Å². The van der Waals surface area contributed by atoms with Crippen LogP contribution in [0.3, 0.4) is 0 Å². The van der Waals surface area contributed by atoms with Gasteiger partial charge in [-0.3, -0.25) is 4.79 Å². The maximum atomic E-state index is 12.8. The second-order valence-corrected chi connectivity index (χ2v) is 8.89. The zero-order chi connectivity index (χ0) is 23.3. The number of halogens is 3. The van der Waals surface area contributed by atoms with E-state index < -0.39 is 5.91 Å². The van der Waals surface area contributed by atoms with Gasteiger partial charge in [0.05, 0.1) is 10.0 Å². The van der Waals surface area contributed by atoms with E-state index in [0.717, 1.165) is 21.2 Å². The van der Waals surface area contributed by atoms with Gasteiger partial charge in [0.1, 0.15) is 24.0 Å². The molecule has 0 heterocycles. The Kier molecular flexibility index (Phi) is 7.98. The molecule has 0 saturated heterocycles. The molecule has 0 atom stereocenters. The SMILES string of the molecule is Cc1ccc(C)c(NC(=O)/C(C#N)=C/c2cc(Br)ccc2OCc2ccc(Cl)c(Cl)c2)c1. The largest absolute Gasteiger partial charge is 0.488 e. The van der Waals surface area contributed by atoms with Gasteiger partial charge in [-0.2, -0.15) is 5.26 Å². The van der Waals surface area contributed by atoms with Crippen LogP contribution in [0.15, 0.2) is 64.6 Å². The molecule has 1 amide bonds. The van der Waals surface area contributed by atoms with Gasteiger partial charge < -0.3 is 10.1 Å². The number of hydrogen-bond acceptors (Lipinski definition) is 3. The normalized spacial score (nSPS) is 11.1. The van der Waals surface area contributed by atoms with Crippen LogP contribution in [0.5, 0.6) is 5.75 Å². The maximum absolute atomic E-state index is 12.8. The number of nitrogens with zero attached hydrogens (tertiary/aromatic N) is 1. The summed E-state index contributed by atoms with van der Waals surface area (Å²) in [6.45, 7) is 4.08. The molecule has 0 aliphatic carbocycles. The summed E-state index contributed by atoms with van der Waals surface area (Å²) >= 11 is 15.5. The van der Waals surface area contributed by atoms with Crippen LogP contribution >= 0.6 is 39.1 Å². The van der Waals surface area contributed by atoms with E-state index in [1.54, 1.807) is 24.3 Å². The number of nitrogens with one attached hydrogen (secondary N) is 1. The number of nitriles is 1. The van der Waals surface area contributed by atoms with Crippen molar-refractivity contribution in [1.29, 1.82) is 5.26 Å². The van der Waals surface area contributed by atoms with E-state index in [-0.39, 0.29) is 12.2 Å². The van der Waals surface area contributed by atoms with E-state index >= 15 is 0 Å². The van der Waals surface area contributed by atoms with Crippen LogP contribution < -0.4 is 10.1 Å². The Morgan fingerprint density at radius 2 is 1.88 bits per heavy atom. The summed E-state index contributed by atoms with van der Waals surface area (Å²) in [6, 6.07) is 18.4. The molecule has 0 unspecified atom stereocenters. The first-order chi connectivity index (χ1) is 15.3. The molecule has 0 aliphatic rings. The Hall–Kier alpha value is -2.78. The quantitative estimate of drug-likeness (QED) is 0.265. The molecular formula is C25H19BrCl2N2O2. The van der Waals surface area contributed by atoms with E-state index in [4.69, 9.17) is 27.9 Å². The van der Waals surface area contributed by atoms with E-state index in [1.807, 2.05) is 50.2 Å². The lowest BCUT2D eigenvalue weighted by molar-refractivity contribution is -0.112. The lowest BCUT2D eigenvalue weighted by atomic mass is 10.1. The number of ether oxygens (including phenoxy) is 1. The highest BCUT2D eigenvalue weighted by Crippen LogP contribution is 2.28. The minimum absolute atomic E-state index is 0.0385. The minimum atomic E-state index is -0.489. The van der Waals surface area contributed by atoms with Crippen molar-refractivity contribution in [2.45, 2.75) is 20.5 Å². The molecule has 32 heavy (non-hydrogen) atoms. The summed E-state index contributed by atoms with van der Waals surface area (Å²) in [5.41, 5.74) is 3.98. The number of carbonyl (C=O) groups is 1. The van der Waals surface area contributed by atoms with Crippen molar-refractivity contribution in [2.75, 3.05) is 5.32 Å². The van der Waals surface area contributed by atoms with E-state index in [0.29, 0.717) is 27.0 Å². The molecule has 3 rings (SSSR count). The van der Waals surface area contributed by atoms with E-state index in [9.17, 15) is 10.1 Å². The van der Waals surface area contributed by atoms with Gasteiger partial charge in [0.15, 0.2) is 0 Å². The second-order valence-electron chi connectivity index (χ2n) is 7.16. The summed E-state index contributed by atoms with van der Waals surface area (Å²) in [6.07, 6.45) is 1.51. The highest BCUT2D eigenvalue weighted by molar-refractivity contribution is 9.10. The van der Waals surface area contributed by atoms with Crippen molar-refractivity contribution < 1.29 is 9.53 Å². The van der Waals surface area contributed by atoms with Gasteiger partial charge in [0.25, 0.3) is 5.91 Å². The van der Waals surface area contributed by atoms with Crippen LogP contribution in [0, 0.1) is 25.2 Å². The number of amides is 1. The Morgan fingerprint density at radius 3 is 2.59 bits per heavy atom. The van der Waals surface area contributed by atoms with Crippen LogP contribution in [0.1, 0.15) is 22.3 Å². The average molecular weight is 530 g/mol. The zero-order valence-corrected chi connectivity index (χ0v) is 20.5. The van der Waals surface area contributed by atoms with Gasteiger partial charge in [-0.05, 0) is 73.0 Å². The number of anilines is 1. The van der Waals surface area contributed by atoms with E-state index in [1.165, 1.54) is 6.08 Å². The second kappa shape index (κ2) is 10.7. The lowest BCUT2D eigenvalue weighted by Gasteiger charge is -2.12. The lowest BCUT2D eigenvalue weighted by Crippen LogP contribution is -2.14. The van der Waals surface area contributed by atoms with Crippen molar-refractivity contribution in [2.24, 2.45) is 0 Å². The third-order valence-corrected chi connectivity index (χ3v) is 5.89. The molecule has 0 aliphatic heterocycles. The molecule has 0 aromatic heterocycles. The van der Waals surface area contributed by atoms with Crippen molar-refractivity contribution in [1.82, 2.24) is 0 Å². The van der Waals surface area contributed by atoms with Crippen LogP contribution in [-0.4, -0.2) is 5.91 Å². The van der Waals surface area contributed by atoms with Crippen LogP contribution in [-0.2, 0) is 11.4 Å². The fourth-order valence-electron chi connectivity index (χ4n) is 2.92.